The third-order valence-corrected chi connectivity index (χ3v) is 5.34. The van der Waals surface area contributed by atoms with Crippen molar-refractivity contribution >= 4 is 21.6 Å². The Kier molecular flexibility index (Phi) is 6.34. The van der Waals surface area contributed by atoms with E-state index >= 15 is 4.39 Å². The quantitative estimate of drug-likeness (QED) is 0.529. The van der Waals surface area contributed by atoms with Crippen LogP contribution < -0.4 is 15.8 Å². The Morgan fingerprint density at radius 3 is 2.68 bits per heavy atom. The first-order chi connectivity index (χ1) is 14.6. The van der Waals surface area contributed by atoms with Crippen LogP contribution >= 0.6 is 0 Å². The highest BCUT2D eigenvalue weighted by Crippen LogP contribution is 2.28. The fraction of sp³-hybridized carbons (Fsp3) is 0.278. The van der Waals surface area contributed by atoms with Gasteiger partial charge >= 0.3 is 0 Å². The summed E-state index contributed by atoms with van der Waals surface area (Å²) in [5.74, 6) is -0.992. The van der Waals surface area contributed by atoms with Crippen LogP contribution in [0.5, 0.6) is 5.75 Å². The number of halogens is 3. The molecule has 9 nitrogen and oxygen atoms in total. The smallest absolute Gasteiger partial charge is 0.257 e. The van der Waals surface area contributed by atoms with E-state index in [2.05, 4.69) is 20.4 Å². The van der Waals surface area contributed by atoms with Crippen LogP contribution in [0.1, 0.15) is 5.56 Å². The average molecular weight is 456 g/mol. The number of nitrogens with one attached hydrogen (secondary N) is 1. The van der Waals surface area contributed by atoms with Crippen LogP contribution in [0.15, 0.2) is 35.5 Å². The van der Waals surface area contributed by atoms with Crippen LogP contribution in [-0.4, -0.2) is 48.0 Å². The molecule has 166 valence electrons. The summed E-state index contributed by atoms with van der Waals surface area (Å²) in [6, 6.07) is 4.29. The van der Waals surface area contributed by atoms with E-state index in [0.717, 1.165) is 10.9 Å². The number of hydrogen-bond acceptors (Lipinski definition) is 8. The van der Waals surface area contributed by atoms with Crippen LogP contribution in [0, 0.1) is 5.82 Å². The first kappa shape index (κ1) is 22.3. The molecule has 0 radical (unpaired) electrons. The predicted octanol–water partition coefficient (Wildman–Crippen LogP) is 2.35. The van der Waals surface area contributed by atoms with E-state index in [9.17, 15) is 17.2 Å². The second kappa shape index (κ2) is 8.79. The summed E-state index contributed by atoms with van der Waals surface area (Å²) in [7, 11) is -2.05. The van der Waals surface area contributed by atoms with Crippen molar-refractivity contribution in [2.24, 2.45) is 0 Å². The molecule has 0 aliphatic rings. The summed E-state index contributed by atoms with van der Waals surface area (Å²) in [5, 5.41) is 6.50. The summed E-state index contributed by atoms with van der Waals surface area (Å²) in [4.78, 5) is 7.74. The van der Waals surface area contributed by atoms with E-state index in [1.807, 2.05) is 0 Å². The number of methoxy groups -OCH3 is 1. The van der Waals surface area contributed by atoms with Gasteiger partial charge in [0, 0.05) is 30.1 Å². The Labute approximate surface area is 176 Å². The van der Waals surface area contributed by atoms with Gasteiger partial charge in [0.2, 0.25) is 5.95 Å². The molecular weight excluding hydrogens is 437 g/mol. The van der Waals surface area contributed by atoms with E-state index in [1.54, 1.807) is 0 Å². The fourth-order valence-electron chi connectivity index (χ4n) is 2.80. The van der Waals surface area contributed by atoms with Crippen molar-refractivity contribution in [2.75, 3.05) is 24.4 Å². The molecule has 3 rings (SSSR count). The van der Waals surface area contributed by atoms with E-state index in [-0.39, 0.29) is 34.5 Å². The van der Waals surface area contributed by atoms with Gasteiger partial charge in [0.05, 0.1) is 18.2 Å². The van der Waals surface area contributed by atoms with E-state index in [4.69, 9.17) is 10.5 Å². The van der Waals surface area contributed by atoms with Gasteiger partial charge in [-0.2, -0.15) is 10.1 Å². The number of benzene rings is 1. The maximum Gasteiger partial charge on any atom is 0.257 e. The number of anilines is 2. The van der Waals surface area contributed by atoms with E-state index < -0.39 is 28.6 Å². The van der Waals surface area contributed by atoms with Crippen molar-refractivity contribution in [2.45, 2.75) is 24.4 Å². The van der Waals surface area contributed by atoms with Gasteiger partial charge in [-0.05, 0) is 18.2 Å². The molecule has 0 aliphatic heterocycles. The monoisotopic (exact) mass is 456 g/mol. The molecule has 0 saturated heterocycles. The zero-order valence-electron chi connectivity index (χ0n) is 16.5. The van der Waals surface area contributed by atoms with Gasteiger partial charge in [0.15, 0.2) is 21.5 Å². The lowest BCUT2D eigenvalue weighted by molar-refractivity contribution is 0.122. The van der Waals surface area contributed by atoms with Gasteiger partial charge in [0.1, 0.15) is 18.0 Å². The Hall–Kier alpha value is -3.35. The Balaban J connectivity index is 1.91. The summed E-state index contributed by atoms with van der Waals surface area (Å²) < 4.78 is 69.9. The average Bonchev–Trinajstić information content (AvgIpc) is 3.14. The van der Waals surface area contributed by atoms with Crippen LogP contribution in [-0.2, 0) is 22.9 Å². The molecule has 13 heteroatoms. The Bertz CT molecular complexity index is 1200. The minimum absolute atomic E-state index is 0.0377. The normalized spacial score (nSPS) is 11.7. The lowest BCUT2D eigenvalue weighted by Gasteiger charge is -2.13. The minimum atomic E-state index is -3.46. The van der Waals surface area contributed by atoms with E-state index in [0.29, 0.717) is 11.3 Å². The van der Waals surface area contributed by atoms with Crippen molar-refractivity contribution in [3.8, 4) is 17.0 Å². The Morgan fingerprint density at radius 1 is 1.29 bits per heavy atom. The molecular formula is C18H19F3N6O3S. The zero-order valence-corrected chi connectivity index (χ0v) is 17.3. The summed E-state index contributed by atoms with van der Waals surface area (Å²) in [6.07, 6.45) is 0.856. The second-order valence-corrected chi connectivity index (χ2v) is 8.55. The van der Waals surface area contributed by atoms with Crippen molar-refractivity contribution in [3.63, 3.8) is 0 Å². The summed E-state index contributed by atoms with van der Waals surface area (Å²) in [6.45, 7) is -0.687. The first-order valence-corrected chi connectivity index (χ1v) is 10.7. The largest absolute Gasteiger partial charge is 0.496 e. The van der Waals surface area contributed by atoms with E-state index in [1.165, 1.54) is 37.7 Å². The standard InChI is InChI=1S/C18H19F3N6O3S/c1-30-13-4-3-12(31(2,28)29)5-10(13)6-23-17-15(21)16(25-18(22)26-17)11-7-24-27(8-11)9-14(19)20/h3-5,7-8,14H,6,9H2,1-2H3,(H3,22,23,25,26). The number of hydrogen-bond donors (Lipinski definition) is 2. The molecule has 0 aliphatic carbocycles. The fourth-order valence-corrected chi connectivity index (χ4v) is 3.47. The van der Waals surface area contributed by atoms with Gasteiger partial charge in [0.25, 0.3) is 6.43 Å². The number of sulfone groups is 1. The molecule has 2 heterocycles. The molecule has 0 fully saturated rings. The SMILES string of the molecule is COc1ccc(S(C)(=O)=O)cc1CNc1nc(N)nc(-c2cnn(CC(F)F)c2)c1F. The number of nitrogens with two attached hydrogens (primary N) is 1. The van der Waals surface area contributed by atoms with Gasteiger partial charge in [-0.3, -0.25) is 4.68 Å². The molecule has 0 bridgehead atoms. The van der Waals surface area contributed by atoms with Crippen molar-refractivity contribution in [3.05, 3.63) is 42.0 Å². The highest BCUT2D eigenvalue weighted by molar-refractivity contribution is 7.90. The lowest BCUT2D eigenvalue weighted by Crippen LogP contribution is -2.10. The number of aromatic nitrogens is 4. The molecule has 3 N–H and O–H groups in total. The number of nitrogens with zero attached hydrogens (tertiary/aromatic N) is 4. The van der Waals surface area contributed by atoms with Crippen LogP contribution in [0.4, 0.5) is 24.9 Å². The highest BCUT2D eigenvalue weighted by atomic mass is 32.2. The maximum absolute atomic E-state index is 15.0. The third kappa shape index (κ3) is 5.23. The molecule has 1 aromatic carbocycles. The van der Waals surface area contributed by atoms with Crippen LogP contribution in [0.3, 0.4) is 0 Å². The van der Waals surface area contributed by atoms with Gasteiger partial charge in [-0.25, -0.2) is 26.6 Å². The van der Waals surface area contributed by atoms with Crippen molar-refractivity contribution in [1.82, 2.24) is 19.7 Å². The topological polar surface area (TPSA) is 125 Å². The second-order valence-electron chi connectivity index (χ2n) is 6.53. The lowest BCUT2D eigenvalue weighted by atomic mass is 10.2. The maximum atomic E-state index is 15.0. The Morgan fingerprint density at radius 2 is 2.03 bits per heavy atom. The molecule has 0 amide bonds. The predicted molar refractivity (Wildman–Crippen MR) is 107 cm³/mol. The molecule has 0 spiro atoms. The number of alkyl halides is 2. The molecule has 0 unspecified atom stereocenters. The minimum Gasteiger partial charge on any atom is -0.496 e. The van der Waals surface area contributed by atoms with Crippen LogP contribution in [0.2, 0.25) is 0 Å². The van der Waals surface area contributed by atoms with Crippen molar-refractivity contribution < 1.29 is 26.3 Å². The van der Waals surface area contributed by atoms with Gasteiger partial charge in [-0.15, -0.1) is 0 Å². The highest BCUT2D eigenvalue weighted by Gasteiger charge is 2.18. The first-order valence-electron chi connectivity index (χ1n) is 8.83. The number of ether oxygens (including phenoxy) is 1. The summed E-state index contributed by atoms with van der Waals surface area (Å²) >= 11 is 0. The zero-order chi connectivity index (χ0) is 22.8. The van der Waals surface area contributed by atoms with Gasteiger partial charge in [-0.1, -0.05) is 0 Å². The summed E-state index contributed by atoms with van der Waals surface area (Å²) in [5.41, 5.74) is 6.05. The molecule has 3 aromatic rings. The number of nitrogen functional groups attached to an aromatic ring is 1. The number of rotatable bonds is 8. The molecule has 0 saturated carbocycles. The van der Waals surface area contributed by atoms with Crippen molar-refractivity contribution in [1.29, 1.82) is 0 Å². The molecule has 31 heavy (non-hydrogen) atoms. The third-order valence-electron chi connectivity index (χ3n) is 4.23. The van der Waals surface area contributed by atoms with Crippen LogP contribution in [0.25, 0.3) is 11.3 Å². The van der Waals surface area contributed by atoms with Gasteiger partial charge < -0.3 is 15.8 Å². The molecule has 0 atom stereocenters. The molecule has 2 aromatic heterocycles.